The largest absolute Gasteiger partial charge is 0.384 e. The van der Waals surface area contributed by atoms with Crippen LogP contribution in [0.4, 0.5) is 5.82 Å². The van der Waals surface area contributed by atoms with Gasteiger partial charge in [-0.3, -0.25) is 0 Å². The third-order valence-corrected chi connectivity index (χ3v) is 1.83. The van der Waals surface area contributed by atoms with Gasteiger partial charge in [-0.15, -0.1) is 0 Å². The van der Waals surface area contributed by atoms with Crippen LogP contribution in [0.15, 0.2) is 6.07 Å². The van der Waals surface area contributed by atoms with Crippen LogP contribution < -0.4 is 5.73 Å². The van der Waals surface area contributed by atoms with Crippen molar-refractivity contribution in [2.45, 2.75) is 19.6 Å². The molecular formula is C9H15N3O2. The van der Waals surface area contributed by atoms with Crippen LogP contribution in [0.25, 0.3) is 0 Å². The fourth-order valence-corrected chi connectivity index (χ4v) is 1.05. The van der Waals surface area contributed by atoms with Crippen molar-refractivity contribution in [1.29, 1.82) is 0 Å². The van der Waals surface area contributed by atoms with E-state index < -0.39 is 0 Å². The van der Waals surface area contributed by atoms with E-state index >= 15 is 0 Å². The molecule has 0 aliphatic heterocycles. The quantitative estimate of drug-likeness (QED) is 0.777. The molecular weight excluding hydrogens is 182 g/mol. The highest BCUT2D eigenvalue weighted by Gasteiger charge is 2.09. The van der Waals surface area contributed by atoms with Crippen molar-refractivity contribution < 1.29 is 9.47 Å². The molecule has 0 radical (unpaired) electrons. The summed E-state index contributed by atoms with van der Waals surface area (Å²) >= 11 is 0. The molecule has 2 N–H and O–H groups in total. The number of nitrogens with two attached hydrogens (primary N) is 1. The molecule has 1 aromatic rings. The second kappa shape index (κ2) is 4.88. The summed E-state index contributed by atoms with van der Waals surface area (Å²) in [6.07, 6.45) is -0.158. The molecule has 0 aromatic carbocycles. The third-order valence-electron chi connectivity index (χ3n) is 1.83. The maximum atomic E-state index is 5.62. The van der Waals surface area contributed by atoms with E-state index in [0.717, 1.165) is 5.69 Å². The summed E-state index contributed by atoms with van der Waals surface area (Å²) in [4.78, 5) is 8.33. The fourth-order valence-electron chi connectivity index (χ4n) is 1.05. The zero-order valence-electron chi connectivity index (χ0n) is 8.65. The average molecular weight is 197 g/mol. The van der Waals surface area contributed by atoms with Gasteiger partial charge in [-0.1, -0.05) is 0 Å². The van der Waals surface area contributed by atoms with Gasteiger partial charge in [-0.2, -0.15) is 0 Å². The normalized spacial score (nSPS) is 12.8. The number of nitrogens with zero attached hydrogens (tertiary/aromatic N) is 2. The van der Waals surface area contributed by atoms with Gasteiger partial charge in [0.25, 0.3) is 0 Å². The Balaban J connectivity index is 2.94. The number of anilines is 1. The molecule has 0 amide bonds. The summed E-state index contributed by atoms with van der Waals surface area (Å²) in [7, 11) is 3.21. The van der Waals surface area contributed by atoms with Crippen LogP contribution in [0.1, 0.15) is 24.5 Å². The molecule has 1 aromatic heterocycles. The average Bonchev–Trinajstić information content (AvgIpc) is 2.16. The Bertz CT molecular complexity index is 304. The molecule has 0 bridgehead atoms. The van der Waals surface area contributed by atoms with Crippen LogP contribution in [0, 0.1) is 0 Å². The third kappa shape index (κ3) is 2.65. The van der Waals surface area contributed by atoms with Crippen molar-refractivity contribution in [2.24, 2.45) is 0 Å². The summed E-state index contributed by atoms with van der Waals surface area (Å²) in [6.45, 7) is 2.29. The lowest BCUT2D eigenvalue weighted by Crippen LogP contribution is -2.08. The van der Waals surface area contributed by atoms with Gasteiger partial charge in [-0.25, -0.2) is 9.97 Å². The van der Waals surface area contributed by atoms with Gasteiger partial charge >= 0.3 is 0 Å². The van der Waals surface area contributed by atoms with Crippen molar-refractivity contribution >= 4 is 5.82 Å². The number of rotatable bonds is 4. The number of methoxy groups -OCH3 is 2. The van der Waals surface area contributed by atoms with Crippen LogP contribution >= 0.6 is 0 Å². The Hall–Kier alpha value is -1.20. The van der Waals surface area contributed by atoms with Gasteiger partial charge in [0, 0.05) is 20.3 Å². The monoisotopic (exact) mass is 197 g/mol. The van der Waals surface area contributed by atoms with E-state index in [0.29, 0.717) is 18.2 Å². The van der Waals surface area contributed by atoms with Gasteiger partial charge in [0.15, 0.2) is 5.82 Å². The SMILES string of the molecule is COCc1cc(N)nc([C@@H](C)OC)n1. The number of nitrogen functional groups attached to an aromatic ring is 1. The molecule has 78 valence electrons. The minimum Gasteiger partial charge on any atom is -0.384 e. The molecule has 0 aliphatic rings. The van der Waals surface area contributed by atoms with E-state index in [9.17, 15) is 0 Å². The fraction of sp³-hybridized carbons (Fsp3) is 0.556. The Morgan fingerprint density at radius 3 is 2.71 bits per heavy atom. The lowest BCUT2D eigenvalue weighted by molar-refractivity contribution is 0.111. The standard InChI is InChI=1S/C9H15N3O2/c1-6(14-3)9-11-7(5-13-2)4-8(10)12-9/h4,6H,5H2,1-3H3,(H2,10,11,12)/t6-/m1/s1. The highest BCUT2D eigenvalue weighted by Crippen LogP contribution is 2.13. The number of hydrogen-bond donors (Lipinski definition) is 1. The van der Waals surface area contributed by atoms with Crippen LogP contribution in [0.5, 0.6) is 0 Å². The second-order valence-electron chi connectivity index (χ2n) is 2.95. The van der Waals surface area contributed by atoms with Crippen molar-refractivity contribution in [2.75, 3.05) is 20.0 Å². The first-order valence-electron chi connectivity index (χ1n) is 4.32. The van der Waals surface area contributed by atoms with Crippen molar-refractivity contribution in [3.8, 4) is 0 Å². The number of ether oxygens (including phenoxy) is 2. The molecule has 1 atom stereocenters. The topological polar surface area (TPSA) is 70.3 Å². The van der Waals surface area contributed by atoms with Crippen LogP contribution in [0.2, 0.25) is 0 Å². The highest BCUT2D eigenvalue weighted by molar-refractivity contribution is 5.29. The molecule has 0 unspecified atom stereocenters. The molecule has 14 heavy (non-hydrogen) atoms. The van der Waals surface area contributed by atoms with Gasteiger partial charge in [0.1, 0.15) is 11.9 Å². The van der Waals surface area contributed by atoms with Crippen LogP contribution in [0.3, 0.4) is 0 Å². The highest BCUT2D eigenvalue weighted by atomic mass is 16.5. The summed E-state index contributed by atoms with van der Waals surface area (Å²) < 4.78 is 10.1. The van der Waals surface area contributed by atoms with Crippen molar-refractivity contribution in [3.63, 3.8) is 0 Å². The zero-order chi connectivity index (χ0) is 10.6. The maximum Gasteiger partial charge on any atom is 0.159 e. The van der Waals surface area contributed by atoms with Gasteiger partial charge in [0.05, 0.1) is 12.3 Å². The van der Waals surface area contributed by atoms with E-state index in [2.05, 4.69) is 9.97 Å². The van der Waals surface area contributed by atoms with Gasteiger partial charge < -0.3 is 15.2 Å². The Morgan fingerprint density at radius 1 is 1.43 bits per heavy atom. The lowest BCUT2D eigenvalue weighted by Gasteiger charge is -2.10. The first kappa shape index (κ1) is 10.9. The lowest BCUT2D eigenvalue weighted by atomic mass is 10.3. The molecule has 1 rings (SSSR count). The van der Waals surface area contributed by atoms with Gasteiger partial charge in [0.2, 0.25) is 0 Å². The zero-order valence-corrected chi connectivity index (χ0v) is 8.65. The Kier molecular flexibility index (Phi) is 3.79. The van der Waals surface area contributed by atoms with E-state index in [4.69, 9.17) is 15.2 Å². The molecule has 5 nitrogen and oxygen atoms in total. The molecule has 0 saturated carbocycles. The minimum absolute atomic E-state index is 0.158. The van der Waals surface area contributed by atoms with E-state index in [1.54, 1.807) is 20.3 Å². The molecule has 0 saturated heterocycles. The first-order chi connectivity index (χ1) is 6.67. The summed E-state index contributed by atoms with van der Waals surface area (Å²) in [5.41, 5.74) is 6.38. The summed E-state index contributed by atoms with van der Waals surface area (Å²) in [5, 5.41) is 0. The van der Waals surface area contributed by atoms with E-state index in [1.807, 2.05) is 6.92 Å². The number of hydrogen-bond acceptors (Lipinski definition) is 5. The second-order valence-corrected chi connectivity index (χ2v) is 2.95. The molecule has 5 heteroatoms. The summed E-state index contributed by atoms with van der Waals surface area (Å²) in [6, 6.07) is 1.69. The molecule has 0 spiro atoms. The smallest absolute Gasteiger partial charge is 0.159 e. The first-order valence-corrected chi connectivity index (χ1v) is 4.32. The molecule has 0 fully saturated rings. The van der Waals surface area contributed by atoms with Crippen molar-refractivity contribution in [3.05, 3.63) is 17.6 Å². The number of aromatic nitrogens is 2. The van der Waals surface area contributed by atoms with Crippen LogP contribution in [-0.2, 0) is 16.1 Å². The Morgan fingerprint density at radius 2 is 2.14 bits per heavy atom. The van der Waals surface area contributed by atoms with Gasteiger partial charge in [-0.05, 0) is 6.92 Å². The van der Waals surface area contributed by atoms with E-state index in [-0.39, 0.29) is 6.10 Å². The van der Waals surface area contributed by atoms with E-state index in [1.165, 1.54) is 0 Å². The molecule has 1 heterocycles. The van der Waals surface area contributed by atoms with Crippen LogP contribution in [-0.4, -0.2) is 24.2 Å². The van der Waals surface area contributed by atoms with Crippen molar-refractivity contribution in [1.82, 2.24) is 9.97 Å². The predicted molar refractivity (Wildman–Crippen MR) is 52.6 cm³/mol. The predicted octanol–water partition coefficient (Wildman–Crippen LogP) is 0.913. The maximum absolute atomic E-state index is 5.62. The minimum atomic E-state index is -0.158. The Labute approximate surface area is 83.3 Å². The molecule has 0 aliphatic carbocycles. The summed E-state index contributed by atoms with van der Waals surface area (Å²) in [5.74, 6) is 1.02.